The van der Waals surface area contributed by atoms with E-state index in [1.807, 2.05) is 0 Å². The molecule has 1 unspecified atom stereocenters. The summed E-state index contributed by atoms with van der Waals surface area (Å²) < 4.78 is 10.7. The van der Waals surface area contributed by atoms with Crippen LogP contribution in [0.1, 0.15) is 86.0 Å². The molecule has 1 fully saturated rings. The zero-order chi connectivity index (χ0) is 18.2. The fraction of sp³-hybridized carbons (Fsp3) is 0.900. The highest BCUT2D eigenvalue weighted by atomic mass is 16.5. The van der Waals surface area contributed by atoms with E-state index in [4.69, 9.17) is 9.47 Å². The Morgan fingerprint density at radius 3 is 1.96 bits per heavy atom. The normalized spacial score (nSPS) is 23.1. The standard InChI is InChI=1S/C20H36O4/c1-19(2,3)15-20(4,5)16-10-11-17(21)23-12-8-6-7-9-13-24-18(22)14-16/h16H,6-15H2,1-5H3. The van der Waals surface area contributed by atoms with Crippen molar-refractivity contribution in [2.75, 3.05) is 13.2 Å². The van der Waals surface area contributed by atoms with E-state index < -0.39 is 0 Å². The minimum atomic E-state index is -0.142. The lowest BCUT2D eigenvalue weighted by atomic mass is 9.66. The van der Waals surface area contributed by atoms with Crippen LogP contribution < -0.4 is 0 Å². The third-order valence-corrected chi connectivity index (χ3v) is 4.77. The summed E-state index contributed by atoms with van der Waals surface area (Å²) in [6.45, 7) is 12.0. The van der Waals surface area contributed by atoms with Crippen LogP contribution in [0.2, 0.25) is 0 Å². The zero-order valence-corrected chi connectivity index (χ0v) is 16.3. The highest BCUT2D eigenvalue weighted by Crippen LogP contribution is 2.42. The van der Waals surface area contributed by atoms with E-state index in [2.05, 4.69) is 34.6 Å². The number of rotatable bonds is 2. The van der Waals surface area contributed by atoms with Crippen LogP contribution in [-0.4, -0.2) is 25.2 Å². The Bertz CT molecular complexity index is 406. The van der Waals surface area contributed by atoms with Crippen molar-refractivity contribution in [1.82, 2.24) is 0 Å². The molecule has 24 heavy (non-hydrogen) atoms. The number of cyclic esters (lactones) is 2. The molecule has 140 valence electrons. The molecule has 1 rings (SSSR count). The summed E-state index contributed by atoms with van der Waals surface area (Å²) in [5, 5.41) is 0. The van der Waals surface area contributed by atoms with Gasteiger partial charge in [-0.2, -0.15) is 0 Å². The van der Waals surface area contributed by atoms with Gasteiger partial charge in [0.05, 0.1) is 13.2 Å². The number of ether oxygens (including phenoxy) is 2. The van der Waals surface area contributed by atoms with Gasteiger partial charge in [-0.1, -0.05) is 34.6 Å². The van der Waals surface area contributed by atoms with Crippen LogP contribution in [0.3, 0.4) is 0 Å². The van der Waals surface area contributed by atoms with Crippen LogP contribution in [0.4, 0.5) is 0 Å². The quantitative estimate of drug-likeness (QED) is 0.671. The first-order valence-corrected chi connectivity index (χ1v) is 9.41. The molecular weight excluding hydrogens is 304 g/mol. The summed E-state index contributed by atoms with van der Waals surface area (Å²) in [5.41, 5.74) is 0.140. The smallest absolute Gasteiger partial charge is 0.306 e. The van der Waals surface area contributed by atoms with Crippen LogP contribution in [0, 0.1) is 16.7 Å². The lowest BCUT2D eigenvalue weighted by Gasteiger charge is -2.39. The molecule has 0 bridgehead atoms. The Hall–Kier alpha value is -1.06. The number of carbonyl (C=O) groups is 2. The fourth-order valence-electron chi connectivity index (χ4n) is 3.83. The van der Waals surface area contributed by atoms with Gasteiger partial charge < -0.3 is 9.47 Å². The van der Waals surface area contributed by atoms with Crippen molar-refractivity contribution in [3.63, 3.8) is 0 Å². The summed E-state index contributed by atoms with van der Waals surface area (Å²) in [7, 11) is 0. The first kappa shape index (κ1) is 21.0. The predicted molar refractivity (Wildman–Crippen MR) is 95.6 cm³/mol. The predicted octanol–water partition coefficient (Wildman–Crippen LogP) is 4.90. The SMILES string of the molecule is CC(C)(C)CC(C)(C)C1CCC(=O)OCCCCCCOC(=O)C1. The number of esters is 2. The molecule has 4 nitrogen and oxygen atoms in total. The summed E-state index contributed by atoms with van der Waals surface area (Å²) >= 11 is 0. The van der Waals surface area contributed by atoms with E-state index in [0.29, 0.717) is 32.5 Å². The Morgan fingerprint density at radius 2 is 1.42 bits per heavy atom. The summed E-state index contributed by atoms with van der Waals surface area (Å²) in [6, 6.07) is 0. The average molecular weight is 341 g/mol. The van der Waals surface area contributed by atoms with Crippen molar-refractivity contribution in [2.24, 2.45) is 16.7 Å². The van der Waals surface area contributed by atoms with Gasteiger partial charge in [0.15, 0.2) is 0 Å². The monoisotopic (exact) mass is 340 g/mol. The molecule has 0 aromatic heterocycles. The van der Waals surface area contributed by atoms with E-state index in [1.54, 1.807) is 0 Å². The summed E-state index contributed by atoms with van der Waals surface area (Å²) in [6.07, 6.45) is 6.22. The van der Waals surface area contributed by atoms with Crippen molar-refractivity contribution in [3.05, 3.63) is 0 Å². The van der Waals surface area contributed by atoms with E-state index >= 15 is 0 Å². The maximum atomic E-state index is 12.2. The third-order valence-electron chi connectivity index (χ3n) is 4.77. The molecule has 1 aliphatic heterocycles. The van der Waals surface area contributed by atoms with Gasteiger partial charge in [0.25, 0.3) is 0 Å². The Morgan fingerprint density at radius 1 is 0.875 bits per heavy atom. The van der Waals surface area contributed by atoms with Gasteiger partial charge in [0, 0.05) is 12.8 Å². The Kier molecular flexibility index (Phi) is 8.24. The van der Waals surface area contributed by atoms with Gasteiger partial charge in [-0.3, -0.25) is 9.59 Å². The largest absolute Gasteiger partial charge is 0.466 e. The van der Waals surface area contributed by atoms with Crippen LogP contribution >= 0.6 is 0 Å². The van der Waals surface area contributed by atoms with Crippen molar-refractivity contribution in [1.29, 1.82) is 0 Å². The first-order valence-electron chi connectivity index (χ1n) is 9.41. The summed E-state index contributed by atoms with van der Waals surface area (Å²) in [4.78, 5) is 24.2. The third kappa shape index (κ3) is 8.70. The highest BCUT2D eigenvalue weighted by molar-refractivity contribution is 5.71. The molecule has 0 aromatic carbocycles. The fourth-order valence-corrected chi connectivity index (χ4v) is 3.83. The summed E-state index contributed by atoms with van der Waals surface area (Å²) in [5.74, 6) is -0.149. The molecule has 0 spiro atoms. The lowest BCUT2D eigenvalue weighted by Crippen LogP contribution is -2.32. The molecule has 0 aliphatic carbocycles. The Balaban J connectivity index is 2.78. The van der Waals surface area contributed by atoms with Gasteiger partial charge in [-0.15, -0.1) is 0 Å². The van der Waals surface area contributed by atoms with Crippen LogP contribution in [0.25, 0.3) is 0 Å². The average Bonchev–Trinajstić information content (AvgIpc) is 2.42. The first-order chi connectivity index (χ1) is 11.1. The van der Waals surface area contributed by atoms with Crippen molar-refractivity contribution < 1.29 is 19.1 Å². The number of carbonyl (C=O) groups excluding carboxylic acids is 2. The van der Waals surface area contributed by atoms with Crippen LogP contribution in [0.5, 0.6) is 0 Å². The second-order valence-electron chi connectivity index (χ2n) is 9.02. The minimum absolute atomic E-state index is 0.0331. The van der Waals surface area contributed by atoms with Gasteiger partial charge >= 0.3 is 11.9 Å². The van der Waals surface area contributed by atoms with E-state index in [-0.39, 0.29) is 28.7 Å². The molecule has 1 aliphatic rings. The molecule has 1 saturated heterocycles. The van der Waals surface area contributed by atoms with Crippen molar-refractivity contribution >= 4 is 11.9 Å². The lowest BCUT2D eigenvalue weighted by molar-refractivity contribution is -0.149. The molecule has 0 saturated carbocycles. The van der Waals surface area contributed by atoms with Gasteiger partial charge in [-0.05, 0) is 55.3 Å². The maximum Gasteiger partial charge on any atom is 0.306 e. The number of hydrogen-bond acceptors (Lipinski definition) is 4. The topological polar surface area (TPSA) is 52.6 Å². The molecule has 0 aromatic rings. The van der Waals surface area contributed by atoms with Gasteiger partial charge in [0.2, 0.25) is 0 Å². The molecule has 1 atom stereocenters. The van der Waals surface area contributed by atoms with Gasteiger partial charge in [0.1, 0.15) is 0 Å². The molecular formula is C20H36O4. The minimum Gasteiger partial charge on any atom is -0.466 e. The second kappa shape index (κ2) is 9.43. The molecule has 0 amide bonds. The molecule has 1 heterocycles. The molecule has 0 radical (unpaired) electrons. The van der Waals surface area contributed by atoms with Crippen LogP contribution in [-0.2, 0) is 19.1 Å². The van der Waals surface area contributed by atoms with Crippen LogP contribution in [0.15, 0.2) is 0 Å². The van der Waals surface area contributed by atoms with E-state index in [9.17, 15) is 9.59 Å². The highest BCUT2D eigenvalue weighted by Gasteiger charge is 2.35. The number of hydrogen-bond donors (Lipinski definition) is 0. The zero-order valence-electron chi connectivity index (χ0n) is 16.3. The van der Waals surface area contributed by atoms with E-state index in [1.165, 1.54) is 0 Å². The van der Waals surface area contributed by atoms with Crippen molar-refractivity contribution in [2.45, 2.75) is 86.0 Å². The second-order valence-corrected chi connectivity index (χ2v) is 9.02. The van der Waals surface area contributed by atoms with Gasteiger partial charge in [-0.25, -0.2) is 0 Å². The van der Waals surface area contributed by atoms with E-state index in [0.717, 1.165) is 32.1 Å². The molecule has 4 heteroatoms. The van der Waals surface area contributed by atoms with Crippen molar-refractivity contribution in [3.8, 4) is 0 Å². The molecule has 0 N–H and O–H groups in total. The Labute approximate surface area is 147 Å². The maximum absolute atomic E-state index is 12.2.